The summed E-state index contributed by atoms with van der Waals surface area (Å²) < 4.78 is 23.3. The topological polar surface area (TPSA) is 57.9 Å². The lowest BCUT2D eigenvalue weighted by atomic mass is 10.2. The summed E-state index contributed by atoms with van der Waals surface area (Å²) in [5.74, 6) is 0.803. The van der Waals surface area contributed by atoms with Crippen LogP contribution in [0.5, 0.6) is 17.2 Å². The molecule has 0 bridgehead atoms. The van der Waals surface area contributed by atoms with Crippen molar-refractivity contribution in [1.29, 1.82) is 0 Å². The predicted molar refractivity (Wildman–Crippen MR) is 101 cm³/mol. The Morgan fingerprint density at radius 2 is 1.57 bits per heavy atom. The van der Waals surface area contributed by atoms with E-state index in [0.29, 0.717) is 29.4 Å². The molecule has 1 aromatic heterocycles. The highest BCUT2D eigenvalue weighted by atomic mass is 127. The molecule has 3 aromatic rings. The van der Waals surface area contributed by atoms with Gasteiger partial charge in [-0.1, -0.05) is 12.1 Å². The van der Waals surface area contributed by atoms with Crippen LogP contribution < -0.4 is 42.8 Å². The van der Waals surface area contributed by atoms with Crippen LogP contribution >= 0.6 is 0 Å². The van der Waals surface area contributed by atoms with Gasteiger partial charge in [-0.05, 0) is 24.3 Å². The Hall–Kier alpha value is -2.55. The first-order valence-electron chi connectivity index (χ1n) is 8.52. The van der Waals surface area contributed by atoms with Gasteiger partial charge in [0.05, 0.1) is 26.9 Å². The number of ether oxygens (including phenoxy) is 4. The number of fused-ring (bicyclic) bond motifs is 1. The number of nitrogens with zero attached hydrogens (tertiary/aromatic N) is 1. The van der Waals surface area contributed by atoms with Gasteiger partial charge < -0.3 is 42.9 Å². The lowest BCUT2D eigenvalue weighted by molar-refractivity contribution is -0.672. The lowest BCUT2D eigenvalue weighted by Crippen LogP contribution is -3.00. The maximum Gasteiger partial charge on any atom is 0.338 e. The molecule has 0 spiro atoms. The van der Waals surface area contributed by atoms with Gasteiger partial charge in [-0.25, -0.2) is 4.79 Å². The highest BCUT2D eigenvalue weighted by molar-refractivity contribution is 5.91. The minimum atomic E-state index is -0.449. The van der Waals surface area contributed by atoms with E-state index < -0.39 is 5.97 Å². The molecule has 0 atom stereocenters. The van der Waals surface area contributed by atoms with Gasteiger partial charge in [0.15, 0.2) is 30.8 Å². The van der Waals surface area contributed by atoms with Gasteiger partial charge in [-0.3, -0.25) is 0 Å². The maximum atomic E-state index is 12.5. The molecule has 0 aliphatic carbocycles. The highest BCUT2D eigenvalue weighted by Gasteiger charge is 2.18. The van der Waals surface area contributed by atoms with Crippen LogP contribution in [0.3, 0.4) is 0 Å². The van der Waals surface area contributed by atoms with Crippen molar-refractivity contribution in [2.45, 2.75) is 6.54 Å². The number of aromatic nitrogens is 1. The highest BCUT2D eigenvalue weighted by Crippen LogP contribution is 2.38. The number of halogens is 1. The van der Waals surface area contributed by atoms with E-state index in [-0.39, 0.29) is 30.6 Å². The number of hydrogen-bond acceptors (Lipinski definition) is 5. The molecule has 1 heterocycles. The third-order valence-corrected chi connectivity index (χ3v) is 4.25. The van der Waals surface area contributed by atoms with E-state index in [9.17, 15) is 4.79 Å². The molecule has 0 radical (unpaired) electrons. The molecule has 0 unspecified atom stereocenters. The van der Waals surface area contributed by atoms with Gasteiger partial charge in [-0.15, -0.1) is 0 Å². The molecule has 7 heteroatoms. The fraction of sp³-hybridized carbons (Fsp3) is 0.238. The van der Waals surface area contributed by atoms with Gasteiger partial charge in [0, 0.05) is 17.5 Å². The van der Waals surface area contributed by atoms with Crippen LogP contribution in [0.1, 0.15) is 10.4 Å². The predicted octanol–water partition coefficient (Wildman–Crippen LogP) is 0.0141. The average Bonchev–Trinajstić information content (AvgIpc) is 2.72. The number of carbonyl (C=O) groups excluding carboxylic acids is 1. The second kappa shape index (κ2) is 10.1. The fourth-order valence-corrected chi connectivity index (χ4v) is 2.93. The molecule has 6 nitrogen and oxygen atoms in total. The lowest BCUT2D eigenvalue weighted by Gasteiger charge is -2.13. The zero-order valence-corrected chi connectivity index (χ0v) is 18.1. The van der Waals surface area contributed by atoms with E-state index in [1.807, 2.05) is 42.6 Å². The average molecular weight is 495 g/mol. The summed E-state index contributed by atoms with van der Waals surface area (Å²) in [4.78, 5) is 12.5. The Kier molecular flexibility index (Phi) is 7.86. The Morgan fingerprint density at radius 1 is 0.929 bits per heavy atom. The molecule has 0 saturated heterocycles. The third kappa shape index (κ3) is 4.64. The van der Waals surface area contributed by atoms with Gasteiger partial charge in [0.25, 0.3) is 0 Å². The van der Waals surface area contributed by atoms with Crippen molar-refractivity contribution in [3.05, 3.63) is 60.3 Å². The second-order valence-corrected chi connectivity index (χ2v) is 5.81. The summed E-state index contributed by atoms with van der Waals surface area (Å²) in [5.41, 5.74) is 1.43. The Labute approximate surface area is 181 Å². The maximum absolute atomic E-state index is 12.5. The zero-order chi connectivity index (χ0) is 19.2. The molecule has 0 aliphatic rings. The quantitative estimate of drug-likeness (QED) is 0.263. The minimum absolute atomic E-state index is 0. The van der Waals surface area contributed by atoms with E-state index in [4.69, 9.17) is 18.9 Å². The monoisotopic (exact) mass is 495 g/mol. The van der Waals surface area contributed by atoms with E-state index in [1.165, 1.54) is 21.3 Å². The van der Waals surface area contributed by atoms with Crippen molar-refractivity contribution in [2.75, 3.05) is 27.9 Å². The van der Waals surface area contributed by atoms with Gasteiger partial charge in [-0.2, -0.15) is 4.57 Å². The summed E-state index contributed by atoms with van der Waals surface area (Å²) >= 11 is 0. The Balaban J connectivity index is 0.00000280. The fourth-order valence-electron chi connectivity index (χ4n) is 2.93. The molecule has 28 heavy (non-hydrogen) atoms. The number of pyridine rings is 1. The summed E-state index contributed by atoms with van der Waals surface area (Å²) in [6.45, 7) is 0.797. The van der Waals surface area contributed by atoms with Crippen molar-refractivity contribution in [3.63, 3.8) is 0 Å². The number of benzene rings is 2. The SMILES string of the molecule is COc1cc(C(=O)OCC[n+]2cccc3ccccc32)cc(OC)c1OC.[I-]. The summed E-state index contributed by atoms with van der Waals surface area (Å²) in [5, 5.41) is 1.14. The number of carbonyl (C=O) groups is 1. The number of hydrogen-bond donors (Lipinski definition) is 0. The van der Waals surface area contributed by atoms with Crippen LogP contribution in [0.4, 0.5) is 0 Å². The smallest absolute Gasteiger partial charge is 0.338 e. The second-order valence-electron chi connectivity index (χ2n) is 5.81. The molecule has 0 fully saturated rings. The summed E-state index contributed by atoms with van der Waals surface area (Å²) in [6.07, 6.45) is 1.97. The standard InChI is InChI=1S/C21H22NO5.HI/c1-24-18-13-16(14-19(25-2)20(18)26-3)21(23)27-12-11-22-10-6-8-15-7-4-5-9-17(15)22;/h4-10,13-14H,11-12H2,1-3H3;1H/q+1;/p-1. The van der Waals surface area contributed by atoms with E-state index in [0.717, 1.165) is 10.9 Å². The van der Waals surface area contributed by atoms with Crippen LogP contribution in [0, 0.1) is 0 Å². The molecule has 3 rings (SSSR count). The van der Waals surface area contributed by atoms with Crippen molar-refractivity contribution < 1.29 is 52.3 Å². The number of para-hydroxylation sites is 1. The normalized spacial score (nSPS) is 10.1. The van der Waals surface area contributed by atoms with Crippen LogP contribution in [-0.2, 0) is 11.3 Å². The zero-order valence-electron chi connectivity index (χ0n) is 16.0. The molecular weight excluding hydrogens is 473 g/mol. The number of methoxy groups -OCH3 is 3. The first-order chi connectivity index (χ1) is 13.2. The van der Waals surface area contributed by atoms with Crippen molar-refractivity contribution in [1.82, 2.24) is 0 Å². The van der Waals surface area contributed by atoms with Gasteiger partial charge >= 0.3 is 5.97 Å². The summed E-state index contributed by atoms with van der Waals surface area (Å²) in [7, 11) is 4.52. The Morgan fingerprint density at radius 3 is 2.21 bits per heavy atom. The van der Waals surface area contributed by atoms with Crippen molar-refractivity contribution >= 4 is 16.9 Å². The first-order valence-corrected chi connectivity index (χ1v) is 8.52. The van der Waals surface area contributed by atoms with E-state index in [2.05, 4.69) is 4.57 Å². The van der Waals surface area contributed by atoms with E-state index in [1.54, 1.807) is 12.1 Å². The number of rotatable bonds is 7. The molecule has 0 N–H and O–H groups in total. The van der Waals surface area contributed by atoms with Crippen molar-refractivity contribution in [2.24, 2.45) is 0 Å². The molecule has 148 valence electrons. The van der Waals surface area contributed by atoms with Crippen LogP contribution in [0.15, 0.2) is 54.7 Å². The molecule has 0 amide bonds. The molecule has 0 saturated carbocycles. The molecule has 2 aromatic carbocycles. The Bertz CT molecular complexity index is 930. The van der Waals surface area contributed by atoms with Gasteiger partial charge in [0.2, 0.25) is 11.3 Å². The third-order valence-electron chi connectivity index (χ3n) is 4.25. The van der Waals surface area contributed by atoms with Crippen LogP contribution in [0.2, 0.25) is 0 Å². The molecule has 0 aliphatic heterocycles. The molecular formula is C21H22INO5. The number of esters is 1. The summed E-state index contributed by atoms with van der Waals surface area (Å²) in [6, 6.07) is 15.3. The van der Waals surface area contributed by atoms with E-state index >= 15 is 0 Å². The van der Waals surface area contributed by atoms with Crippen molar-refractivity contribution in [3.8, 4) is 17.2 Å². The first kappa shape index (κ1) is 21.7. The van der Waals surface area contributed by atoms with Crippen LogP contribution in [0.25, 0.3) is 10.9 Å². The van der Waals surface area contributed by atoms with Crippen LogP contribution in [-0.4, -0.2) is 33.9 Å². The largest absolute Gasteiger partial charge is 1.00 e. The minimum Gasteiger partial charge on any atom is -1.00 e. The van der Waals surface area contributed by atoms with Gasteiger partial charge in [0.1, 0.15) is 0 Å².